The molecule has 2 aromatic heterocycles. The number of hydrogen-bond acceptors (Lipinski definition) is 5. The zero-order valence-electron chi connectivity index (χ0n) is 13.7. The molecule has 144 valence electrons. The molecule has 0 spiro atoms. The first-order chi connectivity index (χ1) is 12.5. The summed E-state index contributed by atoms with van der Waals surface area (Å²) in [5.41, 5.74) is -5.24. The molecule has 2 N–H and O–H groups in total. The Morgan fingerprint density at radius 3 is 2.37 bits per heavy atom. The van der Waals surface area contributed by atoms with Gasteiger partial charge in [-0.15, -0.1) is 0 Å². The van der Waals surface area contributed by atoms with Gasteiger partial charge in [0.15, 0.2) is 0 Å². The van der Waals surface area contributed by atoms with Gasteiger partial charge in [0.05, 0.1) is 34.8 Å². The number of H-pyrrole nitrogens is 1. The highest BCUT2D eigenvalue weighted by Crippen LogP contribution is 2.31. The van der Waals surface area contributed by atoms with Crippen LogP contribution in [0.25, 0.3) is 5.69 Å². The molecule has 27 heavy (non-hydrogen) atoms. The Morgan fingerprint density at radius 1 is 1.22 bits per heavy atom. The Balaban J connectivity index is 2.04. The predicted molar refractivity (Wildman–Crippen MR) is 87.4 cm³/mol. The fraction of sp³-hybridized carbons (Fsp3) is 0.200. The van der Waals surface area contributed by atoms with E-state index in [1.807, 2.05) is 0 Å². The van der Waals surface area contributed by atoms with E-state index in [0.717, 1.165) is 28.8 Å². The second kappa shape index (κ2) is 6.30. The van der Waals surface area contributed by atoms with Crippen molar-refractivity contribution < 1.29 is 26.7 Å². The van der Waals surface area contributed by atoms with E-state index in [1.54, 1.807) is 0 Å². The number of nitrogens with zero attached hydrogens (tertiary/aromatic N) is 3. The van der Waals surface area contributed by atoms with Gasteiger partial charge in [-0.05, 0) is 31.2 Å². The fourth-order valence-electron chi connectivity index (χ4n) is 2.51. The minimum absolute atomic E-state index is 0.0186. The van der Waals surface area contributed by atoms with Crippen LogP contribution in [0.3, 0.4) is 0 Å². The quantitative estimate of drug-likeness (QED) is 0.691. The van der Waals surface area contributed by atoms with Gasteiger partial charge in [0.25, 0.3) is 9.84 Å². The topological polar surface area (TPSA) is 110 Å². The van der Waals surface area contributed by atoms with Crippen molar-refractivity contribution in [2.24, 2.45) is 0 Å². The Kier molecular flexibility index (Phi) is 4.38. The van der Waals surface area contributed by atoms with E-state index in [2.05, 4.69) is 9.97 Å². The van der Waals surface area contributed by atoms with Gasteiger partial charge in [-0.2, -0.15) is 13.2 Å². The highest BCUT2D eigenvalue weighted by molar-refractivity contribution is 7.92. The van der Waals surface area contributed by atoms with Crippen LogP contribution in [0.2, 0.25) is 0 Å². The van der Waals surface area contributed by atoms with Crippen LogP contribution in [0, 0.1) is 6.92 Å². The first kappa shape index (κ1) is 18.8. The van der Waals surface area contributed by atoms with Gasteiger partial charge in [-0.3, -0.25) is 4.57 Å². The Labute approximate surface area is 150 Å². The number of sulfone groups is 1. The summed E-state index contributed by atoms with van der Waals surface area (Å²) in [6.07, 6.45) is 2.92. The molecule has 0 fully saturated rings. The molecule has 0 bridgehead atoms. The van der Waals surface area contributed by atoms with Crippen molar-refractivity contribution in [2.75, 3.05) is 0 Å². The molecule has 1 aromatic carbocycles. The maximum absolute atomic E-state index is 12.6. The average Bonchev–Trinajstić information content (AvgIpc) is 3.18. The van der Waals surface area contributed by atoms with Gasteiger partial charge in [-0.1, -0.05) is 0 Å². The molecule has 3 rings (SSSR count). The SMILES string of the molecule is Cc1c(O)n(-c2ccc(S(=O)(=O)C(F)(F)F)cc2)c(=O)n1Cc1cnc[nH]1. The van der Waals surface area contributed by atoms with E-state index in [1.165, 1.54) is 24.0 Å². The number of nitrogens with one attached hydrogen (secondary N) is 1. The van der Waals surface area contributed by atoms with Crippen LogP contribution in [0.15, 0.2) is 46.5 Å². The molecule has 0 saturated carbocycles. The van der Waals surface area contributed by atoms with Gasteiger partial charge in [0.1, 0.15) is 0 Å². The van der Waals surface area contributed by atoms with Crippen molar-refractivity contribution in [1.82, 2.24) is 19.1 Å². The standard InChI is InChI=1S/C15H13F3N4O4S/c1-9-13(23)22(14(24)21(9)7-10-6-19-8-20-10)11-2-4-12(5-3-11)27(25,26)15(16,17)18/h2-6,8,23H,7H2,1H3,(H,19,20). The monoisotopic (exact) mass is 402 g/mol. The van der Waals surface area contributed by atoms with Crippen LogP contribution in [0.1, 0.15) is 11.4 Å². The number of rotatable bonds is 4. The minimum Gasteiger partial charge on any atom is -0.493 e. The second-order valence-electron chi connectivity index (χ2n) is 5.63. The Hall–Kier alpha value is -3.02. The average molecular weight is 402 g/mol. The molecule has 0 atom stereocenters. The summed E-state index contributed by atoms with van der Waals surface area (Å²) in [5, 5.41) is 10.3. The van der Waals surface area contributed by atoms with Gasteiger partial charge in [-0.25, -0.2) is 22.8 Å². The molecular weight excluding hydrogens is 389 g/mol. The van der Waals surface area contributed by atoms with E-state index in [0.29, 0.717) is 5.69 Å². The molecule has 0 saturated heterocycles. The van der Waals surface area contributed by atoms with Crippen molar-refractivity contribution >= 4 is 9.84 Å². The summed E-state index contributed by atoms with van der Waals surface area (Å²) >= 11 is 0. The van der Waals surface area contributed by atoms with Gasteiger partial charge < -0.3 is 10.1 Å². The molecule has 3 aromatic rings. The van der Waals surface area contributed by atoms with Crippen molar-refractivity contribution in [3.05, 3.63) is 58.7 Å². The lowest BCUT2D eigenvalue weighted by Gasteiger charge is -2.09. The van der Waals surface area contributed by atoms with Crippen LogP contribution in [0.5, 0.6) is 5.88 Å². The number of hydrogen-bond donors (Lipinski definition) is 2. The summed E-state index contributed by atoms with van der Waals surface area (Å²) in [5.74, 6) is -0.411. The van der Waals surface area contributed by atoms with Crippen LogP contribution in [0.4, 0.5) is 13.2 Å². The fourth-order valence-corrected chi connectivity index (χ4v) is 3.27. The summed E-state index contributed by atoms with van der Waals surface area (Å²) in [7, 11) is -5.50. The number of aromatic hydroxyl groups is 1. The van der Waals surface area contributed by atoms with E-state index in [9.17, 15) is 31.5 Å². The van der Waals surface area contributed by atoms with Gasteiger partial charge in [0, 0.05) is 6.20 Å². The highest BCUT2D eigenvalue weighted by Gasteiger charge is 2.46. The van der Waals surface area contributed by atoms with E-state index in [4.69, 9.17) is 0 Å². The number of imidazole rings is 2. The first-order valence-corrected chi connectivity index (χ1v) is 8.92. The third-order valence-corrected chi connectivity index (χ3v) is 5.46. The molecule has 2 heterocycles. The van der Waals surface area contributed by atoms with Crippen LogP contribution in [-0.2, 0) is 16.4 Å². The van der Waals surface area contributed by atoms with E-state index in [-0.39, 0.29) is 17.9 Å². The van der Waals surface area contributed by atoms with E-state index >= 15 is 0 Å². The first-order valence-electron chi connectivity index (χ1n) is 7.44. The van der Waals surface area contributed by atoms with Crippen LogP contribution < -0.4 is 5.69 Å². The summed E-state index contributed by atoms with van der Waals surface area (Å²) < 4.78 is 62.8. The summed E-state index contributed by atoms with van der Waals surface area (Å²) in [4.78, 5) is 18.3. The van der Waals surface area contributed by atoms with Crippen molar-refractivity contribution in [3.8, 4) is 11.6 Å². The number of alkyl halides is 3. The number of benzene rings is 1. The van der Waals surface area contributed by atoms with Gasteiger partial charge in [0.2, 0.25) is 5.88 Å². The number of aromatic nitrogens is 4. The zero-order valence-corrected chi connectivity index (χ0v) is 14.5. The minimum atomic E-state index is -5.50. The number of halogens is 3. The third-order valence-electron chi connectivity index (χ3n) is 3.96. The molecule has 0 aliphatic carbocycles. The van der Waals surface area contributed by atoms with Crippen LogP contribution >= 0.6 is 0 Å². The largest absolute Gasteiger partial charge is 0.501 e. The lowest BCUT2D eigenvalue weighted by atomic mass is 10.3. The summed E-state index contributed by atoms with van der Waals surface area (Å²) in [6, 6.07) is 3.48. The molecular formula is C15H13F3N4O4S. The predicted octanol–water partition coefficient (Wildman–Crippen LogP) is 1.72. The Bertz CT molecular complexity index is 1130. The molecule has 0 aliphatic rings. The van der Waals surface area contributed by atoms with Crippen molar-refractivity contribution in [2.45, 2.75) is 23.9 Å². The number of aromatic amines is 1. The molecule has 0 unspecified atom stereocenters. The molecule has 12 heteroatoms. The third kappa shape index (κ3) is 3.12. The van der Waals surface area contributed by atoms with Crippen molar-refractivity contribution in [3.63, 3.8) is 0 Å². The van der Waals surface area contributed by atoms with E-state index < -0.39 is 31.8 Å². The smallest absolute Gasteiger partial charge is 0.493 e. The van der Waals surface area contributed by atoms with Crippen molar-refractivity contribution in [1.29, 1.82) is 0 Å². The lowest BCUT2D eigenvalue weighted by molar-refractivity contribution is -0.0436. The summed E-state index contributed by atoms with van der Waals surface area (Å²) in [6.45, 7) is 1.58. The second-order valence-corrected chi connectivity index (χ2v) is 7.57. The van der Waals surface area contributed by atoms with Gasteiger partial charge >= 0.3 is 11.2 Å². The zero-order chi connectivity index (χ0) is 20.0. The molecule has 8 nitrogen and oxygen atoms in total. The molecule has 0 aliphatic heterocycles. The molecule has 0 amide bonds. The molecule has 0 radical (unpaired) electrons. The maximum atomic E-state index is 12.6. The Morgan fingerprint density at radius 2 is 1.85 bits per heavy atom. The van der Waals surface area contributed by atoms with Crippen LogP contribution in [-0.4, -0.2) is 38.1 Å². The maximum Gasteiger partial charge on any atom is 0.501 e. The lowest BCUT2D eigenvalue weighted by Crippen LogP contribution is -2.25. The normalized spacial score (nSPS) is 12.4. The highest BCUT2D eigenvalue weighted by atomic mass is 32.2.